The van der Waals surface area contributed by atoms with Gasteiger partial charge in [0.15, 0.2) is 0 Å². The minimum atomic E-state index is -0.353. The van der Waals surface area contributed by atoms with E-state index in [-0.39, 0.29) is 11.7 Å². The Morgan fingerprint density at radius 1 is 0.606 bits per heavy atom. The lowest BCUT2D eigenvalue weighted by Gasteiger charge is -2.22. The molecule has 0 aliphatic carbocycles. The first-order valence-electron chi connectivity index (χ1n) is 13.1. The topological polar surface area (TPSA) is 0 Å². The molecule has 0 aromatic heterocycles. The molecule has 33 heavy (non-hydrogen) atoms. The molecule has 0 fully saturated rings. The van der Waals surface area contributed by atoms with Gasteiger partial charge in [-0.15, -0.1) is 0 Å². The Kier molecular flexibility index (Phi) is 15.3. The van der Waals surface area contributed by atoms with Crippen molar-refractivity contribution in [3.8, 4) is 0 Å². The van der Waals surface area contributed by atoms with Gasteiger partial charge in [-0.3, -0.25) is 0 Å². The van der Waals surface area contributed by atoms with Crippen LogP contribution in [0.5, 0.6) is 0 Å². The first kappa shape index (κ1) is 31.4. The van der Waals surface area contributed by atoms with Crippen LogP contribution < -0.4 is 0 Å². The number of hydrogen-bond acceptors (Lipinski definition) is 0. The Morgan fingerprint density at radius 3 is 1.55 bits per heavy atom. The van der Waals surface area contributed by atoms with Crippen LogP contribution >= 0.6 is 0 Å². The fourth-order valence-electron chi connectivity index (χ4n) is 3.65. The Bertz CT molecular complexity index is 700. The van der Waals surface area contributed by atoms with Gasteiger partial charge in [0.2, 0.25) is 0 Å². The number of rotatable bonds is 17. The maximum absolute atomic E-state index is 14.7. The summed E-state index contributed by atoms with van der Waals surface area (Å²) in [6, 6.07) is 0. The minimum absolute atomic E-state index is 0.255. The van der Waals surface area contributed by atoms with Gasteiger partial charge < -0.3 is 0 Å². The van der Waals surface area contributed by atoms with E-state index in [4.69, 9.17) is 0 Å². The lowest BCUT2D eigenvalue weighted by molar-refractivity contribution is 0.306. The summed E-state index contributed by atoms with van der Waals surface area (Å²) in [6.45, 7) is 34.3. The highest BCUT2D eigenvalue weighted by Gasteiger charge is 2.15. The highest BCUT2D eigenvalue weighted by Crippen LogP contribution is 2.28. The van der Waals surface area contributed by atoms with E-state index < -0.39 is 0 Å². The Balaban J connectivity index is 4.70. The molecule has 0 radical (unpaired) electrons. The molecule has 0 aliphatic rings. The standard InChI is InChI=1S/C32H53F/c1-22(2)13-15-24(5)25(6)17-18-26(7)27(8)19-20-29(10)31(12)32(33)21-30(11)28(9)16-14-23(3)4/h19-26,28H,8,10-18H2,1-7,9H3/b20-19-,32-21+. The first-order valence-corrected chi connectivity index (χ1v) is 13.1. The van der Waals surface area contributed by atoms with Crippen molar-refractivity contribution in [2.45, 2.75) is 93.9 Å². The van der Waals surface area contributed by atoms with Crippen molar-refractivity contribution < 1.29 is 4.39 Å². The average Bonchev–Trinajstić information content (AvgIpc) is 2.75. The van der Waals surface area contributed by atoms with Gasteiger partial charge in [0.05, 0.1) is 0 Å². The molecule has 0 heterocycles. The van der Waals surface area contributed by atoms with E-state index in [1.165, 1.54) is 25.3 Å². The lowest BCUT2D eigenvalue weighted by atomic mass is 9.83. The molecule has 0 aromatic rings. The van der Waals surface area contributed by atoms with E-state index in [0.29, 0.717) is 28.9 Å². The van der Waals surface area contributed by atoms with Crippen molar-refractivity contribution in [3.63, 3.8) is 0 Å². The van der Waals surface area contributed by atoms with E-state index in [1.54, 1.807) is 0 Å². The summed E-state index contributed by atoms with van der Waals surface area (Å²) >= 11 is 0. The molecule has 0 aromatic carbocycles. The van der Waals surface area contributed by atoms with E-state index in [2.05, 4.69) is 81.7 Å². The van der Waals surface area contributed by atoms with Gasteiger partial charge in [0, 0.05) is 5.57 Å². The second kappa shape index (κ2) is 16.1. The van der Waals surface area contributed by atoms with Crippen molar-refractivity contribution in [2.75, 3.05) is 0 Å². The van der Waals surface area contributed by atoms with Crippen LogP contribution in [0, 0.1) is 35.5 Å². The van der Waals surface area contributed by atoms with Gasteiger partial charge >= 0.3 is 0 Å². The molecule has 188 valence electrons. The predicted octanol–water partition coefficient (Wildman–Crippen LogP) is 10.8. The van der Waals surface area contributed by atoms with Crippen LogP contribution in [0.2, 0.25) is 0 Å². The lowest BCUT2D eigenvalue weighted by Crippen LogP contribution is -2.11. The maximum atomic E-state index is 14.7. The summed E-state index contributed by atoms with van der Waals surface area (Å²) in [5, 5.41) is 0. The Morgan fingerprint density at radius 2 is 1.03 bits per heavy atom. The molecule has 0 nitrogen and oxygen atoms in total. The van der Waals surface area contributed by atoms with Crippen LogP contribution in [0.25, 0.3) is 0 Å². The van der Waals surface area contributed by atoms with Crippen LogP contribution in [0.15, 0.2) is 72.7 Å². The molecule has 0 amide bonds. The van der Waals surface area contributed by atoms with E-state index in [9.17, 15) is 4.39 Å². The van der Waals surface area contributed by atoms with Gasteiger partial charge in [-0.2, -0.15) is 0 Å². The molecule has 4 unspecified atom stereocenters. The zero-order chi connectivity index (χ0) is 25.7. The van der Waals surface area contributed by atoms with Gasteiger partial charge in [-0.05, 0) is 72.0 Å². The van der Waals surface area contributed by atoms with Crippen molar-refractivity contribution in [3.05, 3.63) is 72.7 Å². The third-order valence-corrected chi connectivity index (χ3v) is 7.16. The van der Waals surface area contributed by atoms with E-state index >= 15 is 0 Å². The minimum Gasteiger partial charge on any atom is -0.206 e. The molecular formula is C32H53F. The fraction of sp³-hybridized carbons (Fsp3) is 0.625. The highest BCUT2D eigenvalue weighted by molar-refractivity contribution is 5.48. The monoisotopic (exact) mass is 456 g/mol. The van der Waals surface area contributed by atoms with Crippen molar-refractivity contribution in [1.82, 2.24) is 0 Å². The largest absolute Gasteiger partial charge is 0.206 e. The predicted molar refractivity (Wildman–Crippen MR) is 149 cm³/mol. The summed E-state index contributed by atoms with van der Waals surface area (Å²) in [7, 11) is 0. The quantitative estimate of drug-likeness (QED) is 0.191. The average molecular weight is 457 g/mol. The van der Waals surface area contributed by atoms with Gasteiger partial charge in [0.1, 0.15) is 5.83 Å². The second-order valence-electron chi connectivity index (χ2n) is 11.3. The summed E-state index contributed by atoms with van der Waals surface area (Å²) < 4.78 is 14.7. The first-order chi connectivity index (χ1) is 15.3. The smallest absolute Gasteiger partial charge is 0.130 e. The van der Waals surface area contributed by atoms with Crippen LogP contribution in [-0.2, 0) is 0 Å². The molecule has 0 N–H and O–H groups in total. The molecule has 0 bridgehead atoms. The van der Waals surface area contributed by atoms with Gasteiger partial charge in [-0.25, -0.2) is 4.39 Å². The summed E-state index contributed by atoms with van der Waals surface area (Å²) in [5.41, 5.74) is 2.76. The molecule has 1 heteroatoms. The Hall–Kier alpha value is -1.63. The number of hydrogen-bond donors (Lipinski definition) is 0. The summed E-state index contributed by atoms with van der Waals surface area (Å²) in [4.78, 5) is 0. The molecule has 0 saturated heterocycles. The second-order valence-corrected chi connectivity index (χ2v) is 11.3. The molecule has 0 saturated carbocycles. The summed E-state index contributed by atoms with van der Waals surface area (Å²) in [5.74, 6) is 3.18. The van der Waals surface area contributed by atoms with Crippen LogP contribution in [-0.4, -0.2) is 0 Å². The van der Waals surface area contributed by atoms with Gasteiger partial charge in [0.25, 0.3) is 0 Å². The van der Waals surface area contributed by atoms with Crippen molar-refractivity contribution in [2.24, 2.45) is 35.5 Å². The van der Waals surface area contributed by atoms with Crippen molar-refractivity contribution >= 4 is 0 Å². The number of halogens is 1. The van der Waals surface area contributed by atoms with Crippen LogP contribution in [0.3, 0.4) is 0 Å². The zero-order valence-corrected chi connectivity index (χ0v) is 23.1. The van der Waals surface area contributed by atoms with E-state index in [0.717, 1.165) is 42.2 Å². The van der Waals surface area contributed by atoms with Crippen LogP contribution in [0.1, 0.15) is 93.9 Å². The molecular weight excluding hydrogens is 403 g/mol. The molecule has 0 spiro atoms. The van der Waals surface area contributed by atoms with Crippen LogP contribution in [0.4, 0.5) is 4.39 Å². The van der Waals surface area contributed by atoms with Crippen molar-refractivity contribution in [1.29, 1.82) is 0 Å². The molecule has 0 aliphatic heterocycles. The molecule has 4 atom stereocenters. The molecule has 0 rings (SSSR count). The normalized spacial score (nSPS) is 16.2. The highest BCUT2D eigenvalue weighted by atomic mass is 19.1. The Labute approximate surface area is 206 Å². The summed E-state index contributed by atoms with van der Waals surface area (Å²) in [6.07, 6.45) is 12.4. The third-order valence-electron chi connectivity index (χ3n) is 7.16. The number of allylic oxidation sites excluding steroid dienone is 8. The zero-order valence-electron chi connectivity index (χ0n) is 23.1. The fourth-order valence-corrected chi connectivity index (χ4v) is 3.65. The van der Waals surface area contributed by atoms with E-state index in [1.807, 2.05) is 12.2 Å². The van der Waals surface area contributed by atoms with Gasteiger partial charge in [-0.1, -0.05) is 119 Å². The maximum Gasteiger partial charge on any atom is 0.130 e. The third kappa shape index (κ3) is 13.6. The SMILES string of the molecule is C=C(/C=C\C(=C)C(C)CCC(C)C(C)CCC(C)C)C(=C)/C(F)=C\C(=C)C(C)CCC(C)C.